The molecule has 2 aliphatic rings. The molecule has 0 radical (unpaired) electrons. The standard InChI is InChI=1S/C17H22N6O3/c24-16(14-4-2-10-26-14)23-7-5-22(6-8-23)15-12-19-21-17(20-15)18-11-13-3-1-9-25-13/h2,4,10,12-13H,1,3,5-9,11H2,(H,18,20,21). The van der Waals surface area contributed by atoms with Gasteiger partial charge in [-0.15, -0.1) is 5.10 Å². The third-order valence-electron chi connectivity index (χ3n) is 4.68. The molecule has 2 aromatic rings. The number of ether oxygens (including phenoxy) is 1. The van der Waals surface area contributed by atoms with E-state index in [2.05, 4.69) is 25.4 Å². The van der Waals surface area contributed by atoms with Gasteiger partial charge in [0, 0.05) is 39.3 Å². The second kappa shape index (κ2) is 7.69. The Morgan fingerprint density at radius 2 is 2.19 bits per heavy atom. The van der Waals surface area contributed by atoms with Gasteiger partial charge in [0.1, 0.15) is 0 Å². The predicted octanol–water partition coefficient (Wildman–Crippen LogP) is 1.02. The van der Waals surface area contributed by atoms with Crippen LogP contribution in [0.1, 0.15) is 23.4 Å². The molecule has 4 heterocycles. The highest BCUT2D eigenvalue weighted by Crippen LogP contribution is 2.16. The van der Waals surface area contributed by atoms with Crippen LogP contribution in [0.4, 0.5) is 11.8 Å². The Kier molecular flexibility index (Phi) is 4.96. The average molecular weight is 358 g/mol. The number of piperazine rings is 1. The summed E-state index contributed by atoms with van der Waals surface area (Å²) in [6.45, 7) is 4.13. The Bertz CT molecular complexity index is 724. The van der Waals surface area contributed by atoms with E-state index in [0.29, 0.717) is 44.4 Å². The van der Waals surface area contributed by atoms with Crippen LogP contribution < -0.4 is 10.2 Å². The van der Waals surface area contributed by atoms with E-state index in [4.69, 9.17) is 9.15 Å². The van der Waals surface area contributed by atoms with Crippen LogP contribution in [0.15, 0.2) is 29.0 Å². The highest BCUT2D eigenvalue weighted by Gasteiger charge is 2.24. The summed E-state index contributed by atoms with van der Waals surface area (Å²) in [5.41, 5.74) is 0. The van der Waals surface area contributed by atoms with E-state index < -0.39 is 0 Å². The number of nitrogens with one attached hydrogen (secondary N) is 1. The summed E-state index contributed by atoms with van der Waals surface area (Å²) < 4.78 is 10.8. The summed E-state index contributed by atoms with van der Waals surface area (Å²) in [6, 6.07) is 3.41. The van der Waals surface area contributed by atoms with Crippen molar-refractivity contribution in [3.05, 3.63) is 30.4 Å². The minimum atomic E-state index is -0.0746. The summed E-state index contributed by atoms with van der Waals surface area (Å²) >= 11 is 0. The topological polar surface area (TPSA) is 96.6 Å². The average Bonchev–Trinajstić information content (AvgIpc) is 3.40. The summed E-state index contributed by atoms with van der Waals surface area (Å²) in [5, 5.41) is 11.3. The third kappa shape index (κ3) is 3.77. The minimum absolute atomic E-state index is 0.0746. The van der Waals surface area contributed by atoms with E-state index in [1.54, 1.807) is 23.2 Å². The molecule has 0 aromatic carbocycles. The molecular formula is C17H22N6O3. The van der Waals surface area contributed by atoms with Gasteiger partial charge in [0.05, 0.1) is 18.6 Å². The van der Waals surface area contributed by atoms with Crippen molar-refractivity contribution in [3.63, 3.8) is 0 Å². The van der Waals surface area contributed by atoms with Gasteiger partial charge in [0.15, 0.2) is 11.6 Å². The maximum Gasteiger partial charge on any atom is 0.289 e. The van der Waals surface area contributed by atoms with E-state index in [1.807, 2.05) is 0 Å². The number of nitrogens with zero attached hydrogens (tertiary/aromatic N) is 5. The zero-order chi connectivity index (χ0) is 17.8. The summed E-state index contributed by atoms with van der Waals surface area (Å²) in [5.74, 6) is 1.57. The zero-order valence-electron chi connectivity index (χ0n) is 14.5. The van der Waals surface area contributed by atoms with E-state index in [0.717, 1.165) is 25.3 Å². The number of aromatic nitrogens is 3. The number of furan rings is 1. The smallest absolute Gasteiger partial charge is 0.289 e. The van der Waals surface area contributed by atoms with Crippen LogP contribution >= 0.6 is 0 Å². The van der Waals surface area contributed by atoms with Crippen molar-refractivity contribution in [3.8, 4) is 0 Å². The minimum Gasteiger partial charge on any atom is -0.459 e. The molecule has 1 N–H and O–H groups in total. The molecule has 4 rings (SSSR count). The highest BCUT2D eigenvalue weighted by atomic mass is 16.5. The van der Waals surface area contributed by atoms with Crippen molar-refractivity contribution in [1.82, 2.24) is 20.1 Å². The van der Waals surface area contributed by atoms with Crippen molar-refractivity contribution in [1.29, 1.82) is 0 Å². The molecule has 1 unspecified atom stereocenters. The number of amides is 1. The monoisotopic (exact) mass is 358 g/mol. The molecule has 0 bridgehead atoms. The van der Waals surface area contributed by atoms with Crippen molar-refractivity contribution in [2.24, 2.45) is 0 Å². The number of hydrogen-bond acceptors (Lipinski definition) is 8. The molecule has 1 amide bonds. The van der Waals surface area contributed by atoms with Crippen LogP contribution in [0.5, 0.6) is 0 Å². The molecule has 138 valence electrons. The SMILES string of the molecule is O=C(c1ccco1)N1CCN(c2cnnc(NCC3CCCO3)n2)CC1. The number of carbonyl (C=O) groups excluding carboxylic acids is 1. The first-order valence-corrected chi connectivity index (χ1v) is 8.92. The molecule has 0 saturated carbocycles. The first-order valence-electron chi connectivity index (χ1n) is 8.92. The molecular weight excluding hydrogens is 336 g/mol. The fourth-order valence-corrected chi connectivity index (χ4v) is 3.23. The first kappa shape index (κ1) is 16.8. The van der Waals surface area contributed by atoms with Crippen LogP contribution in [0.2, 0.25) is 0 Å². The van der Waals surface area contributed by atoms with E-state index >= 15 is 0 Å². The van der Waals surface area contributed by atoms with Gasteiger partial charge in [-0.05, 0) is 25.0 Å². The Balaban J connectivity index is 1.32. The van der Waals surface area contributed by atoms with E-state index in [-0.39, 0.29) is 12.0 Å². The lowest BCUT2D eigenvalue weighted by atomic mass is 10.2. The van der Waals surface area contributed by atoms with Crippen LogP contribution in [-0.4, -0.2) is 71.4 Å². The highest BCUT2D eigenvalue weighted by molar-refractivity contribution is 5.91. The number of carbonyl (C=O) groups is 1. The lowest BCUT2D eigenvalue weighted by molar-refractivity contribution is 0.0714. The lowest BCUT2D eigenvalue weighted by Gasteiger charge is -2.34. The van der Waals surface area contributed by atoms with Crippen molar-refractivity contribution >= 4 is 17.7 Å². The summed E-state index contributed by atoms with van der Waals surface area (Å²) in [7, 11) is 0. The maximum absolute atomic E-state index is 12.3. The Morgan fingerprint density at radius 3 is 2.92 bits per heavy atom. The molecule has 2 aromatic heterocycles. The van der Waals surface area contributed by atoms with Crippen LogP contribution in [-0.2, 0) is 4.74 Å². The van der Waals surface area contributed by atoms with Gasteiger partial charge in [-0.25, -0.2) is 0 Å². The molecule has 26 heavy (non-hydrogen) atoms. The van der Waals surface area contributed by atoms with E-state index in [1.165, 1.54) is 6.26 Å². The van der Waals surface area contributed by atoms with Gasteiger partial charge in [0.25, 0.3) is 5.91 Å². The van der Waals surface area contributed by atoms with Gasteiger partial charge in [0.2, 0.25) is 5.95 Å². The fourth-order valence-electron chi connectivity index (χ4n) is 3.23. The zero-order valence-corrected chi connectivity index (χ0v) is 14.5. The number of hydrogen-bond donors (Lipinski definition) is 1. The largest absolute Gasteiger partial charge is 0.459 e. The Morgan fingerprint density at radius 1 is 1.31 bits per heavy atom. The Labute approximate surface area is 151 Å². The number of anilines is 2. The summed E-state index contributed by atoms with van der Waals surface area (Å²) in [4.78, 5) is 20.8. The molecule has 2 fully saturated rings. The van der Waals surface area contributed by atoms with Crippen molar-refractivity contribution in [2.75, 3.05) is 49.5 Å². The van der Waals surface area contributed by atoms with Crippen LogP contribution in [0.3, 0.4) is 0 Å². The van der Waals surface area contributed by atoms with Gasteiger partial charge in [-0.1, -0.05) is 0 Å². The van der Waals surface area contributed by atoms with Gasteiger partial charge in [-0.3, -0.25) is 4.79 Å². The Hall–Kier alpha value is -2.68. The molecule has 2 saturated heterocycles. The normalized spacial score (nSPS) is 20.4. The summed E-state index contributed by atoms with van der Waals surface area (Å²) in [6.07, 6.45) is 5.55. The van der Waals surface area contributed by atoms with Crippen LogP contribution in [0, 0.1) is 0 Å². The first-order chi connectivity index (χ1) is 12.8. The predicted molar refractivity (Wildman–Crippen MR) is 94.1 cm³/mol. The molecule has 2 aliphatic heterocycles. The van der Waals surface area contributed by atoms with Crippen LogP contribution in [0.25, 0.3) is 0 Å². The fraction of sp³-hybridized carbons (Fsp3) is 0.529. The molecule has 0 spiro atoms. The van der Waals surface area contributed by atoms with Gasteiger partial charge in [-0.2, -0.15) is 10.1 Å². The third-order valence-corrected chi connectivity index (χ3v) is 4.68. The van der Waals surface area contributed by atoms with Crippen molar-refractivity contribution in [2.45, 2.75) is 18.9 Å². The number of rotatable bonds is 5. The molecule has 9 nitrogen and oxygen atoms in total. The quantitative estimate of drug-likeness (QED) is 0.846. The second-order valence-electron chi connectivity index (χ2n) is 6.41. The second-order valence-corrected chi connectivity index (χ2v) is 6.41. The lowest BCUT2D eigenvalue weighted by Crippen LogP contribution is -2.49. The van der Waals surface area contributed by atoms with Gasteiger partial charge < -0.3 is 24.3 Å². The molecule has 1 atom stereocenters. The van der Waals surface area contributed by atoms with Crippen molar-refractivity contribution < 1.29 is 13.9 Å². The van der Waals surface area contributed by atoms with Gasteiger partial charge >= 0.3 is 0 Å². The van der Waals surface area contributed by atoms with E-state index in [9.17, 15) is 4.79 Å². The molecule has 0 aliphatic carbocycles. The maximum atomic E-state index is 12.3. The molecule has 9 heteroatoms.